The highest BCUT2D eigenvalue weighted by Crippen LogP contribution is 2.00. The molecule has 0 heterocycles. The highest BCUT2D eigenvalue weighted by Gasteiger charge is 2.22. The zero-order valence-electron chi connectivity index (χ0n) is 7.48. The van der Waals surface area contributed by atoms with Gasteiger partial charge in [-0.05, 0) is 19.6 Å². The molecule has 0 bridgehead atoms. The summed E-state index contributed by atoms with van der Waals surface area (Å²) in [5, 5.41) is 0. The fourth-order valence-corrected chi connectivity index (χ4v) is 0.750. The first-order chi connectivity index (χ1) is 5.06. The van der Waals surface area contributed by atoms with Gasteiger partial charge in [-0.15, -0.1) is 0 Å². The first-order valence-corrected chi connectivity index (χ1v) is 8.44. The van der Waals surface area contributed by atoms with E-state index in [0.717, 1.165) is 0 Å². The van der Waals surface area contributed by atoms with Gasteiger partial charge in [0.2, 0.25) is 8.32 Å². The Hall–Kier alpha value is -0.186. The van der Waals surface area contributed by atoms with Gasteiger partial charge in [-0.3, -0.25) is 0 Å². The molecule has 0 aromatic carbocycles. The summed E-state index contributed by atoms with van der Waals surface area (Å²) < 4.78 is 5.13. The van der Waals surface area contributed by atoms with E-state index in [0.29, 0.717) is 0 Å². The molecule has 0 saturated carbocycles. The molecule has 0 aliphatic heterocycles. The van der Waals surface area contributed by atoms with Gasteiger partial charge in [0.15, 0.2) is 0 Å². The molecule has 0 radical (unpaired) electrons. The van der Waals surface area contributed by atoms with Crippen LogP contribution in [0.25, 0.3) is 0 Å². The monoisotopic (exact) mass is 212 g/mol. The second-order valence-corrected chi connectivity index (χ2v) is 8.66. The van der Waals surface area contributed by atoms with E-state index in [9.17, 15) is 0 Å². The van der Waals surface area contributed by atoms with Crippen LogP contribution in [0, 0.1) is 0 Å². The predicted octanol–water partition coefficient (Wildman–Crippen LogP) is -0.627. The van der Waals surface area contributed by atoms with E-state index in [1.54, 1.807) is 0 Å². The van der Waals surface area contributed by atoms with Gasteiger partial charge in [0, 0.05) is 0 Å². The van der Waals surface area contributed by atoms with Crippen LogP contribution in [0.2, 0.25) is 19.6 Å². The van der Waals surface area contributed by atoms with Crippen molar-refractivity contribution in [1.82, 2.24) is 0 Å². The first-order valence-electron chi connectivity index (χ1n) is 3.24. The Morgan fingerprint density at radius 2 is 1.33 bits per heavy atom. The van der Waals surface area contributed by atoms with Crippen LogP contribution in [0.15, 0.2) is 12.8 Å². The van der Waals surface area contributed by atoms with E-state index < -0.39 is 17.4 Å². The van der Waals surface area contributed by atoms with Gasteiger partial charge >= 0.3 is 9.05 Å². The van der Waals surface area contributed by atoms with Gasteiger partial charge in [0.1, 0.15) is 0 Å². The fraction of sp³-hybridized carbons (Fsp3) is 0.600. The van der Waals surface area contributed by atoms with Gasteiger partial charge in [0.25, 0.3) is 0 Å². The average molecular weight is 212 g/mol. The molecule has 0 amide bonds. The minimum absolute atomic E-state index is 1.28. The van der Waals surface area contributed by atoms with Crippen molar-refractivity contribution < 1.29 is 23.6 Å². The topological polar surface area (TPSA) is 90.2 Å². The molecule has 4 N–H and O–H groups in total. The maximum absolute atomic E-state index is 7.33. The Balaban J connectivity index is 0. The summed E-state index contributed by atoms with van der Waals surface area (Å²) in [4.78, 5) is 29.3. The van der Waals surface area contributed by atoms with E-state index in [1.165, 1.54) is 6.26 Å². The second kappa shape index (κ2) is 5.46. The Morgan fingerprint density at radius 3 is 1.33 bits per heavy atom. The van der Waals surface area contributed by atoms with Crippen LogP contribution in [0.3, 0.4) is 0 Å². The van der Waals surface area contributed by atoms with Crippen molar-refractivity contribution in [2.45, 2.75) is 19.6 Å². The Bertz CT molecular complexity index is 119. The molecule has 0 atom stereocenters. The molecule has 0 spiro atoms. The van der Waals surface area contributed by atoms with Crippen molar-refractivity contribution in [3.05, 3.63) is 12.8 Å². The maximum Gasteiger partial charge on any atom is 0.668 e. The average Bonchev–Trinajstić information content (AvgIpc) is 1.54. The lowest BCUT2D eigenvalue weighted by Crippen LogP contribution is -2.33. The van der Waals surface area contributed by atoms with Crippen molar-refractivity contribution in [2.75, 3.05) is 0 Å². The Kier molecular flexibility index (Phi) is 6.52. The zero-order chi connectivity index (χ0) is 10.4. The van der Waals surface area contributed by atoms with Gasteiger partial charge in [-0.1, -0.05) is 6.58 Å². The van der Waals surface area contributed by atoms with E-state index >= 15 is 0 Å². The van der Waals surface area contributed by atoms with E-state index in [2.05, 4.69) is 26.2 Å². The Labute approximate surface area is 74.2 Å². The number of rotatable bonds is 2. The van der Waals surface area contributed by atoms with Crippen LogP contribution in [0.4, 0.5) is 0 Å². The molecule has 12 heavy (non-hydrogen) atoms. The molecule has 0 aromatic heterocycles. The number of hydrogen-bond donors (Lipinski definition) is 4. The summed E-state index contributed by atoms with van der Waals surface area (Å²) >= 11 is 0. The smallest absolute Gasteiger partial charge is 0.550 e. The summed E-state index contributed by atoms with van der Waals surface area (Å²) in [6.07, 6.45) is 1.52. The molecule has 5 nitrogen and oxygen atoms in total. The first kappa shape index (κ1) is 14.3. The summed E-state index contributed by atoms with van der Waals surface area (Å²) in [5.41, 5.74) is 0. The summed E-state index contributed by atoms with van der Waals surface area (Å²) in [6, 6.07) is 0. The molecular weight excluding hydrogens is 196 g/mol. The standard InChI is InChI=1S/C5H12OSi.H4O4Si/c1-5-6-7(2,3)4;1-5(2,3)4/h5H,1H2,2-4H3;1-4H. The third-order valence-electron chi connectivity index (χ3n) is 0.437. The van der Waals surface area contributed by atoms with Gasteiger partial charge in [-0.25, -0.2) is 0 Å². The molecule has 74 valence electrons. The maximum atomic E-state index is 7.33. The van der Waals surface area contributed by atoms with Crippen molar-refractivity contribution >= 4 is 17.4 Å². The third-order valence-corrected chi connectivity index (χ3v) is 1.31. The van der Waals surface area contributed by atoms with Crippen LogP contribution < -0.4 is 0 Å². The lowest BCUT2D eigenvalue weighted by atomic mass is 11.2. The minimum Gasteiger partial charge on any atom is -0.550 e. The molecule has 0 aliphatic rings. The summed E-state index contributed by atoms with van der Waals surface area (Å²) in [5.74, 6) is 0. The molecule has 0 aliphatic carbocycles. The highest BCUT2D eigenvalue weighted by molar-refractivity contribution is 6.69. The quantitative estimate of drug-likeness (QED) is 0.361. The molecule has 0 fully saturated rings. The highest BCUT2D eigenvalue weighted by atomic mass is 28.4. The fourth-order valence-electron chi connectivity index (χ4n) is 0.250. The number of hydrogen-bond acceptors (Lipinski definition) is 5. The normalized spacial score (nSPS) is 11.2. The molecular formula is C5H16O5Si2. The van der Waals surface area contributed by atoms with Crippen molar-refractivity contribution in [3.8, 4) is 0 Å². The molecule has 0 saturated heterocycles. The predicted molar refractivity (Wildman–Crippen MR) is 49.3 cm³/mol. The lowest BCUT2D eigenvalue weighted by Gasteiger charge is -2.13. The molecule has 7 heteroatoms. The SMILES string of the molecule is C=CO[Si](C)(C)C.O[Si](O)(O)O. The van der Waals surface area contributed by atoms with Gasteiger partial charge in [-0.2, -0.15) is 0 Å². The van der Waals surface area contributed by atoms with Crippen LogP contribution >= 0.6 is 0 Å². The lowest BCUT2D eigenvalue weighted by molar-refractivity contribution is 0.117. The van der Waals surface area contributed by atoms with Crippen LogP contribution in [0.5, 0.6) is 0 Å². The van der Waals surface area contributed by atoms with E-state index in [-0.39, 0.29) is 0 Å². The minimum atomic E-state index is -4.61. The van der Waals surface area contributed by atoms with Crippen LogP contribution in [-0.4, -0.2) is 36.5 Å². The second-order valence-electron chi connectivity index (χ2n) is 3.00. The van der Waals surface area contributed by atoms with Gasteiger partial charge < -0.3 is 23.6 Å². The molecule has 0 unspecified atom stereocenters. The van der Waals surface area contributed by atoms with Gasteiger partial charge in [0.05, 0.1) is 6.26 Å². The van der Waals surface area contributed by atoms with Crippen molar-refractivity contribution in [3.63, 3.8) is 0 Å². The third kappa shape index (κ3) is 52.4. The van der Waals surface area contributed by atoms with Crippen molar-refractivity contribution in [1.29, 1.82) is 0 Å². The summed E-state index contributed by atoms with van der Waals surface area (Å²) in [7, 11) is -5.89. The molecule has 0 aromatic rings. The van der Waals surface area contributed by atoms with E-state index in [4.69, 9.17) is 23.6 Å². The zero-order valence-corrected chi connectivity index (χ0v) is 9.48. The van der Waals surface area contributed by atoms with Crippen LogP contribution in [-0.2, 0) is 4.43 Å². The van der Waals surface area contributed by atoms with Crippen molar-refractivity contribution in [2.24, 2.45) is 0 Å². The van der Waals surface area contributed by atoms with Crippen LogP contribution in [0.1, 0.15) is 0 Å². The largest absolute Gasteiger partial charge is 0.668 e. The molecule has 0 rings (SSSR count). The van der Waals surface area contributed by atoms with E-state index in [1.807, 2.05) is 0 Å². The summed E-state index contributed by atoms with van der Waals surface area (Å²) in [6.45, 7) is 9.82. The Morgan fingerprint density at radius 1 is 1.08 bits per heavy atom.